The van der Waals surface area contributed by atoms with Crippen molar-refractivity contribution in [1.82, 2.24) is 9.80 Å². The maximum Gasteiger partial charge on any atom is 0.324 e. The Morgan fingerprint density at radius 2 is 1.62 bits per heavy atom. The molecule has 0 N–H and O–H groups in total. The van der Waals surface area contributed by atoms with Gasteiger partial charge in [0.25, 0.3) is 0 Å². The van der Waals surface area contributed by atoms with Crippen molar-refractivity contribution >= 4 is 11.7 Å². The molecular formula is C29H41N3O2. The van der Waals surface area contributed by atoms with E-state index in [1.165, 1.54) is 12.0 Å². The first-order valence-corrected chi connectivity index (χ1v) is 12.8. The second kappa shape index (κ2) is 10.5. The van der Waals surface area contributed by atoms with Crippen LogP contribution in [0.4, 0.5) is 10.5 Å². The number of carbonyl (C=O) groups excluding carboxylic acids is 1. The lowest BCUT2D eigenvalue weighted by Gasteiger charge is -2.43. The first-order valence-electron chi connectivity index (χ1n) is 12.8. The predicted molar refractivity (Wildman–Crippen MR) is 139 cm³/mol. The van der Waals surface area contributed by atoms with Crippen molar-refractivity contribution in [2.24, 2.45) is 0 Å². The number of carbonyl (C=O) groups is 1. The molecule has 0 bridgehead atoms. The fourth-order valence-corrected chi connectivity index (χ4v) is 5.84. The molecule has 2 aliphatic rings. The molecule has 1 heterocycles. The average Bonchev–Trinajstić information content (AvgIpc) is 2.89. The van der Waals surface area contributed by atoms with E-state index in [1.807, 2.05) is 24.1 Å². The number of anilines is 1. The zero-order chi connectivity index (χ0) is 24.2. The highest BCUT2D eigenvalue weighted by atomic mass is 16.5. The van der Waals surface area contributed by atoms with Crippen LogP contribution in [0.3, 0.4) is 0 Å². The number of amides is 2. The van der Waals surface area contributed by atoms with Crippen LogP contribution in [0, 0.1) is 6.92 Å². The minimum Gasteiger partial charge on any atom is -0.378 e. The lowest BCUT2D eigenvalue weighted by atomic mass is 9.77. The van der Waals surface area contributed by atoms with E-state index in [2.05, 4.69) is 73.3 Å². The highest BCUT2D eigenvalue weighted by Gasteiger charge is 2.40. The van der Waals surface area contributed by atoms with Gasteiger partial charge in [-0.2, -0.15) is 0 Å². The third-order valence-corrected chi connectivity index (χ3v) is 8.38. The Bertz CT molecular complexity index is 951. The van der Waals surface area contributed by atoms with Gasteiger partial charge < -0.3 is 9.64 Å². The van der Waals surface area contributed by atoms with Crippen LogP contribution in [0.1, 0.15) is 56.1 Å². The molecule has 2 amide bonds. The predicted octanol–water partition coefficient (Wildman–Crippen LogP) is 5.82. The van der Waals surface area contributed by atoms with E-state index >= 15 is 0 Å². The molecule has 0 unspecified atom stereocenters. The Balaban J connectivity index is 1.67. The number of hydrogen-bond acceptors (Lipinski definition) is 3. The van der Waals surface area contributed by atoms with Crippen LogP contribution >= 0.6 is 0 Å². The van der Waals surface area contributed by atoms with Crippen LogP contribution in [0.15, 0.2) is 54.6 Å². The van der Waals surface area contributed by atoms with Gasteiger partial charge in [-0.3, -0.25) is 9.80 Å². The van der Waals surface area contributed by atoms with Crippen molar-refractivity contribution in [3.8, 4) is 0 Å². The van der Waals surface area contributed by atoms with Gasteiger partial charge in [0.1, 0.15) is 0 Å². The summed E-state index contributed by atoms with van der Waals surface area (Å²) in [5.41, 5.74) is 3.36. The van der Waals surface area contributed by atoms with E-state index in [4.69, 9.17) is 4.74 Å². The smallest absolute Gasteiger partial charge is 0.324 e. The molecule has 0 radical (unpaired) electrons. The van der Waals surface area contributed by atoms with Crippen LogP contribution in [0.25, 0.3) is 0 Å². The molecule has 184 valence electrons. The molecule has 1 saturated carbocycles. The summed E-state index contributed by atoms with van der Waals surface area (Å²) in [4.78, 5) is 20.5. The summed E-state index contributed by atoms with van der Waals surface area (Å²) in [6.07, 6.45) is 7.18. The fourth-order valence-electron chi connectivity index (χ4n) is 5.84. The Morgan fingerprint density at radius 1 is 0.912 bits per heavy atom. The molecule has 2 aromatic rings. The zero-order valence-corrected chi connectivity index (χ0v) is 21.4. The maximum absolute atomic E-state index is 14.0. The Labute approximate surface area is 205 Å². The Morgan fingerprint density at radius 3 is 2.24 bits per heavy atom. The van der Waals surface area contributed by atoms with Crippen LogP contribution in [0.2, 0.25) is 0 Å². The minimum atomic E-state index is -0.100. The molecule has 5 nitrogen and oxygen atoms in total. The van der Waals surface area contributed by atoms with Gasteiger partial charge in [-0.1, -0.05) is 48.5 Å². The Kier molecular flexibility index (Phi) is 7.63. The van der Waals surface area contributed by atoms with Gasteiger partial charge in [-0.05, 0) is 83.2 Å². The molecule has 0 aromatic heterocycles. The van der Waals surface area contributed by atoms with E-state index < -0.39 is 0 Å². The van der Waals surface area contributed by atoms with E-state index in [0.717, 1.165) is 69.4 Å². The summed E-state index contributed by atoms with van der Waals surface area (Å²) in [6, 6.07) is 19.2. The van der Waals surface area contributed by atoms with Crippen molar-refractivity contribution in [1.29, 1.82) is 0 Å². The molecule has 1 aliphatic heterocycles. The van der Waals surface area contributed by atoms with Crippen molar-refractivity contribution in [2.45, 2.75) is 63.0 Å². The number of ether oxygens (including phenoxy) is 1. The number of para-hydroxylation sites is 1. The van der Waals surface area contributed by atoms with Gasteiger partial charge in [-0.25, -0.2) is 4.79 Å². The lowest BCUT2D eigenvalue weighted by Crippen LogP contribution is -2.49. The third-order valence-electron chi connectivity index (χ3n) is 8.38. The second-order valence-corrected chi connectivity index (χ2v) is 10.3. The molecule has 4 rings (SSSR count). The van der Waals surface area contributed by atoms with E-state index in [-0.39, 0.29) is 17.2 Å². The van der Waals surface area contributed by atoms with E-state index in [0.29, 0.717) is 0 Å². The normalized spacial score (nSPS) is 23.3. The minimum absolute atomic E-state index is 0.0513. The molecule has 1 atom stereocenters. The number of methoxy groups -OCH3 is 1. The summed E-state index contributed by atoms with van der Waals surface area (Å²) < 4.78 is 5.90. The highest BCUT2D eigenvalue weighted by Crippen LogP contribution is 2.40. The van der Waals surface area contributed by atoms with Crippen LogP contribution in [0.5, 0.6) is 0 Å². The number of benzene rings is 2. The second-order valence-electron chi connectivity index (χ2n) is 10.3. The standard InChI is InChI=1S/C29H41N3O2/c1-24-12-8-9-15-26(24)32-21-11-18-29(30(2)3,25-13-6-5-7-14-25)20-23-31(27(32)33)22-19-28(34-4)16-10-17-28/h5-9,12-15H,10-11,16-23H2,1-4H3/t29-/m0/s1. The summed E-state index contributed by atoms with van der Waals surface area (Å²) >= 11 is 0. The van der Waals surface area contributed by atoms with E-state index in [9.17, 15) is 4.79 Å². The van der Waals surface area contributed by atoms with Gasteiger partial charge in [0, 0.05) is 38.0 Å². The van der Waals surface area contributed by atoms with Crippen LogP contribution < -0.4 is 4.90 Å². The number of hydrogen-bond donors (Lipinski definition) is 0. The van der Waals surface area contributed by atoms with Crippen molar-refractivity contribution < 1.29 is 9.53 Å². The molecule has 0 spiro atoms. The summed E-state index contributed by atoms with van der Waals surface area (Å²) in [6.45, 7) is 4.28. The summed E-state index contributed by atoms with van der Waals surface area (Å²) in [5.74, 6) is 0. The van der Waals surface area contributed by atoms with Gasteiger partial charge in [0.2, 0.25) is 0 Å². The molecule has 5 heteroatoms. The Hall–Kier alpha value is -2.37. The SMILES string of the molecule is COC1(CCN2CC[C@@](c3ccccc3)(N(C)C)CCCN(c3ccccc3C)C2=O)CCC1. The van der Waals surface area contributed by atoms with E-state index in [1.54, 1.807) is 0 Å². The first kappa shape index (κ1) is 24.7. The van der Waals surface area contributed by atoms with Crippen molar-refractivity contribution in [3.63, 3.8) is 0 Å². The van der Waals surface area contributed by atoms with Gasteiger partial charge in [0.05, 0.1) is 5.60 Å². The lowest BCUT2D eigenvalue weighted by molar-refractivity contribution is -0.0804. The molecule has 2 fully saturated rings. The molecule has 1 saturated heterocycles. The van der Waals surface area contributed by atoms with Crippen LogP contribution in [-0.2, 0) is 10.3 Å². The van der Waals surface area contributed by atoms with Crippen LogP contribution in [-0.4, -0.2) is 62.3 Å². The number of rotatable bonds is 7. The van der Waals surface area contributed by atoms with Crippen molar-refractivity contribution in [2.75, 3.05) is 45.7 Å². The number of aryl methyl sites for hydroxylation is 1. The molecular weight excluding hydrogens is 422 g/mol. The largest absolute Gasteiger partial charge is 0.378 e. The highest BCUT2D eigenvalue weighted by molar-refractivity contribution is 5.92. The van der Waals surface area contributed by atoms with Gasteiger partial charge >= 0.3 is 6.03 Å². The average molecular weight is 464 g/mol. The molecule has 2 aromatic carbocycles. The number of urea groups is 1. The monoisotopic (exact) mass is 463 g/mol. The third kappa shape index (κ3) is 4.87. The molecule has 1 aliphatic carbocycles. The summed E-state index contributed by atoms with van der Waals surface area (Å²) in [5, 5.41) is 0. The first-order chi connectivity index (χ1) is 16.4. The van der Waals surface area contributed by atoms with Gasteiger partial charge in [0.15, 0.2) is 0 Å². The summed E-state index contributed by atoms with van der Waals surface area (Å²) in [7, 11) is 6.19. The fraction of sp³-hybridized carbons (Fsp3) is 0.552. The van der Waals surface area contributed by atoms with Crippen molar-refractivity contribution in [3.05, 3.63) is 65.7 Å². The molecule has 34 heavy (non-hydrogen) atoms. The maximum atomic E-state index is 14.0. The zero-order valence-electron chi connectivity index (χ0n) is 21.4. The topological polar surface area (TPSA) is 36.0 Å². The quantitative estimate of drug-likeness (QED) is 0.519. The van der Waals surface area contributed by atoms with Gasteiger partial charge in [-0.15, -0.1) is 0 Å². The number of nitrogens with zero attached hydrogens (tertiary/aromatic N) is 3.